The van der Waals surface area contributed by atoms with Crippen molar-refractivity contribution in [2.75, 3.05) is 13.2 Å². The fourth-order valence-electron chi connectivity index (χ4n) is 1.25. The summed E-state index contributed by atoms with van der Waals surface area (Å²) in [5, 5.41) is 3.49. The summed E-state index contributed by atoms with van der Waals surface area (Å²) in [5.74, 6) is 0.592. The molecular weight excluding hydrogens is 162 g/mol. The third kappa shape index (κ3) is 7.03. The molecule has 0 spiro atoms. The number of hydrogen-bond acceptors (Lipinski definition) is 2. The minimum Gasteiger partial charge on any atom is -0.381 e. The molecule has 0 aromatic heterocycles. The second-order valence-corrected chi connectivity index (χ2v) is 4.16. The summed E-state index contributed by atoms with van der Waals surface area (Å²) in [7, 11) is 0. The molecule has 1 N–H and O–H groups in total. The van der Waals surface area contributed by atoms with E-state index in [0.717, 1.165) is 19.6 Å². The molecule has 0 bridgehead atoms. The molecule has 0 aliphatic rings. The van der Waals surface area contributed by atoms with Gasteiger partial charge in [0.2, 0.25) is 0 Å². The van der Waals surface area contributed by atoms with E-state index in [0.29, 0.717) is 18.0 Å². The van der Waals surface area contributed by atoms with Gasteiger partial charge in [-0.1, -0.05) is 27.7 Å². The Balaban J connectivity index is 3.50. The molecular formula is C11H25NO. The van der Waals surface area contributed by atoms with Gasteiger partial charge in [-0.25, -0.2) is 0 Å². The van der Waals surface area contributed by atoms with Crippen LogP contribution in [0.4, 0.5) is 0 Å². The predicted octanol–water partition coefficient (Wildman–Crippen LogP) is 2.44. The van der Waals surface area contributed by atoms with Crippen LogP contribution in [0.3, 0.4) is 0 Å². The van der Waals surface area contributed by atoms with Crippen LogP contribution in [0.1, 0.15) is 41.0 Å². The quantitative estimate of drug-likeness (QED) is 0.618. The van der Waals surface area contributed by atoms with E-state index in [1.54, 1.807) is 0 Å². The first-order chi connectivity index (χ1) is 6.07. The highest BCUT2D eigenvalue weighted by Gasteiger charge is 2.12. The molecule has 0 aromatic rings. The lowest BCUT2D eigenvalue weighted by molar-refractivity contribution is 0.0926. The Bertz CT molecular complexity index is 115. The molecule has 2 heteroatoms. The largest absolute Gasteiger partial charge is 0.381 e. The van der Waals surface area contributed by atoms with E-state index in [9.17, 15) is 0 Å². The van der Waals surface area contributed by atoms with Gasteiger partial charge in [0.05, 0.1) is 6.61 Å². The molecule has 0 aliphatic heterocycles. The van der Waals surface area contributed by atoms with Crippen molar-refractivity contribution in [1.29, 1.82) is 0 Å². The average Bonchev–Trinajstić information content (AvgIpc) is 2.03. The Morgan fingerprint density at radius 3 is 2.23 bits per heavy atom. The topological polar surface area (TPSA) is 21.3 Å². The molecule has 0 radical (unpaired) electrons. The van der Waals surface area contributed by atoms with Crippen molar-refractivity contribution < 1.29 is 4.74 Å². The molecule has 2 unspecified atom stereocenters. The predicted molar refractivity (Wildman–Crippen MR) is 58.0 cm³/mol. The molecule has 80 valence electrons. The van der Waals surface area contributed by atoms with Gasteiger partial charge in [-0.3, -0.25) is 0 Å². The SMILES string of the molecule is CCCOCC(C)C(C)NC(C)C. The van der Waals surface area contributed by atoms with Gasteiger partial charge < -0.3 is 10.1 Å². The molecule has 0 heterocycles. The maximum Gasteiger partial charge on any atom is 0.0506 e. The van der Waals surface area contributed by atoms with Crippen LogP contribution in [-0.2, 0) is 4.74 Å². The van der Waals surface area contributed by atoms with Crippen molar-refractivity contribution in [3.8, 4) is 0 Å². The van der Waals surface area contributed by atoms with Crippen molar-refractivity contribution in [3.05, 3.63) is 0 Å². The van der Waals surface area contributed by atoms with Gasteiger partial charge in [0, 0.05) is 18.7 Å². The van der Waals surface area contributed by atoms with Crippen LogP contribution in [0.15, 0.2) is 0 Å². The molecule has 2 nitrogen and oxygen atoms in total. The molecule has 0 aromatic carbocycles. The van der Waals surface area contributed by atoms with E-state index in [-0.39, 0.29) is 0 Å². The first kappa shape index (κ1) is 12.9. The summed E-state index contributed by atoms with van der Waals surface area (Å²) < 4.78 is 5.51. The van der Waals surface area contributed by atoms with E-state index in [1.807, 2.05) is 0 Å². The second kappa shape index (κ2) is 7.34. The zero-order chi connectivity index (χ0) is 10.3. The Morgan fingerprint density at radius 1 is 1.15 bits per heavy atom. The summed E-state index contributed by atoms with van der Waals surface area (Å²) in [6.45, 7) is 12.7. The third-order valence-corrected chi connectivity index (χ3v) is 2.18. The van der Waals surface area contributed by atoms with Gasteiger partial charge in [-0.05, 0) is 19.3 Å². The van der Waals surface area contributed by atoms with Crippen LogP contribution in [0.2, 0.25) is 0 Å². The molecule has 0 rings (SSSR count). The first-order valence-corrected chi connectivity index (χ1v) is 5.41. The van der Waals surface area contributed by atoms with Crippen LogP contribution >= 0.6 is 0 Å². The van der Waals surface area contributed by atoms with Crippen molar-refractivity contribution in [3.63, 3.8) is 0 Å². The summed E-state index contributed by atoms with van der Waals surface area (Å²) in [5.41, 5.74) is 0. The number of hydrogen-bond donors (Lipinski definition) is 1. The smallest absolute Gasteiger partial charge is 0.0506 e. The standard InChI is InChI=1S/C11H25NO/c1-6-7-13-8-10(4)11(5)12-9(2)3/h9-12H,6-8H2,1-5H3. The Hall–Kier alpha value is -0.0800. The van der Waals surface area contributed by atoms with Gasteiger partial charge in [0.15, 0.2) is 0 Å². The molecule has 0 amide bonds. The second-order valence-electron chi connectivity index (χ2n) is 4.16. The zero-order valence-corrected chi connectivity index (χ0v) is 9.76. The summed E-state index contributed by atoms with van der Waals surface area (Å²) in [4.78, 5) is 0. The monoisotopic (exact) mass is 187 g/mol. The summed E-state index contributed by atoms with van der Waals surface area (Å²) in [6.07, 6.45) is 1.11. The Labute approximate surface area is 83.1 Å². The van der Waals surface area contributed by atoms with Crippen LogP contribution in [0, 0.1) is 5.92 Å². The number of rotatable bonds is 7. The van der Waals surface area contributed by atoms with Crippen LogP contribution < -0.4 is 5.32 Å². The normalized spacial score (nSPS) is 16.2. The van der Waals surface area contributed by atoms with Gasteiger partial charge in [0.1, 0.15) is 0 Å². The fraction of sp³-hybridized carbons (Fsp3) is 1.00. The van der Waals surface area contributed by atoms with Gasteiger partial charge in [-0.15, -0.1) is 0 Å². The highest BCUT2D eigenvalue weighted by Crippen LogP contribution is 2.04. The van der Waals surface area contributed by atoms with Crippen LogP contribution in [0.5, 0.6) is 0 Å². The molecule has 0 fully saturated rings. The van der Waals surface area contributed by atoms with E-state index < -0.39 is 0 Å². The summed E-state index contributed by atoms with van der Waals surface area (Å²) >= 11 is 0. The maximum atomic E-state index is 5.51. The van der Waals surface area contributed by atoms with Crippen molar-refractivity contribution >= 4 is 0 Å². The minimum atomic E-state index is 0.539. The third-order valence-electron chi connectivity index (χ3n) is 2.18. The van der Waals surface area contributed by atoms with E-state index >= 15 is 0 Å². The van der Waals surface area contributed by atoms with E-state index in [4.69, 9.17) is 4.74 Å². The number of nitrogens with one attached hydrogen (secondary N) is 1. The van der Waals surface area contributed by atoms with Gasteiger partial charge >= 0.3 is 0 Å². The lowest BCUT2D eigenvalue weighted by atomic mass is 10.0. The minimum absolute atomic E-state index is 0.539. The zero-order valence-electron chi connectivity index (χ0n) is 9.76. The lowest BCUT2D eigenvalue weighted by Crippen LogP contribution is -2.38. The molecule has 0 saturated heterocycles. The maximum absolute atomic E-state index is 5.51. The van der Waals surface area contributed by atoms with E-state index in [2.05, 4.69) is 39.9 Å². The fourth-order valence-corrected chi connectivity index (χ4v) is 1.25. The van der Waals surface area contributed by atoms with Gasteiger partial charge in [0.25, 0.3) is 0 Å². The highest BCUT2D eigenvalue weighted by molar-refractivity contribution is 4.69. The van der Waals surface area contributed by atoms with Crippen LogP contribution in [-0.4, -0.2) is 25.3 Å². The summed E-state index contributed by atoms with van der Waals surface area (Å²) in [6, 6.07) is 1.10. The van der Waals surface area contributed by atoms with Crippen molar-refractivity contribution in [1.82, 2.24) is 5.32 Å². The molecule has 2 atom stereocenters. The number of ether oxygens (including phenoxy) is 1. The molecule has 13 heavy (non-hydrogen) atoms. The average molecular weight is 187 g/mol. The van der Waals surface area contributed by atoms with E-state index in [1.165, 1.54) is 0 Å². The first-order valence-electron chi connectivity index (χ1n) is 5.41. The van der Waals surface area contributed by atoms with Gasteiger partial charge in [-0.2, -0.15) is 0 Å². The van der Waals surface area contributed by atoms with Crippen molar-refractivity contribution in [2.24, 2.45) is 5.92 Å². The molecule has 0 saturated carbocycles. The Kier molecular flexibility index (Phi) is 7.29. The lowest BCUT2D eigenvalue weighted by Gasteiger charge is -2.23. The highest BCUT2D eigenvalue weighted by atomic mass is 16.5. The van der Waals surface area contributed by atoms with Crippen molar-refractivity contribution in [2.45, 2.75) is 53.1 Å². The Morgan fingerprint density at radius 2 is 1.77 bits per heavy atom. The van der Waals surface area contributed by atoms with Crippen LogP contribution in [0.25, 0.3) is 0 Å². The molecule has 0 aliphatic carbocycles.